The predicted octanol–water partition coefficient (Wildman–Crippen LogP) is 0.251. The molecule has 0 amide bonds. The Hall–Kier alpha value is -0.920. The first kappa shape index (κ1) is 13.5. The predicted molar refractivity (Wildman–Crippen MR) is 66.4 cm³/mol. The van der Waals surface area contributed by atoms with E-state index in [1.165, 1.54) is 12.5 Å². The fourth-order valence-electron chi connectivity index (χ4n) is 2.37. The van der Waals surface area contributed by atoms with Gasteiger partial charge in [-0.2, -0.15) is 0 Å². The van der Waals surface area contributed by atoms with Crippen molar-refractivity contribution in [2.45, 2.75) is 30.7 Å². The van der Waals surface area contributed by atoms with E-state index >= 15 is 0 Å². The van der Waals surface area contributed by atoms with Crippen LogP contribution in [0.1, 0.15) is 25.7 Å². The Kier molecular flexibility index (Phi) is 3.74. The molecule has 1 aromatic heterocycles. The minimum absolute atomic E-state index is 0.0242. The van der Waals surface area contributed by atoms with E-state index in [0.29, 0.717) is 0 Å². The molecule has 1 heterocycles. The van der Waals surface area contributed by atoms with E-state index in [1.54, 1.807) is 11.6 Å². The van der Waals surface area contributed by atoms with Crippen molar-refractivity contribution in [1.82, 2.24) is 14.3 Å². The molecule has 1 fully saturated rings. The summed E-state index contributed by atoms with van der Waals surface area (Å²) in [7, 11) is -1.85. The highest BCUT2D eigenvalue weighted by Crippen LogP contribution is 2.37. The van der Waals surface area contributed by atoms with Crippen molar-refractivity contribution in [1.29, 1.82) is 0 Å². The van der Waals surface area contributed by atoms with E-state index in [9.17, 15) is 13.5 Å². The van der Waals surface area contributed by atoms with Gasteiger partial charge in [-0.3, -0.25) is 0 Å². The quantitative estimate of drug-likeness (QED) is 0.805. The molecule has 7 heteroatoms. The van der Waals surface area contributed by atoms with Crippen LogP contribution in [0.3, 0.4) is 0 Å². The van der Waals surface area contributed by atoms with Gasteiger partial charge in [-0.1, -0.05) is 12.8 Å². The van der Waals surface area contributed by atoms with Crippen molar-refractivity contribution < 1.29 is 13.5 Å². The first-order valence-corrected chi connectivity index (χ1v) is 7.54. The number of sulfonamides is 1. The van der Waals surface area contributed by atoms with Crippen LogP contribution in [0.25, 0.3) is 0 Å². The normalized spacial score (nSPS) is 19.2. The highest BCUT2D eigenvalue weighted by Gasteiger charge is 2.34. The molecule has 0 radical (unpaired) electrons. The lowest BCUT2D eigenvalue weighted by Gasteiger charge is -2.26. The first-order valence-electron chi connectivity index (χ1n) is 6.06. The maximum absolute atomic E-state index is 12.0. The average molecular weight is 273 g/mol. The van der Waals surface area contributed by atoms with Crippen LogP contribution in [-0.4, -0.2) is 36.2 Å². The SMILES string of the molecule is Cn1cnc(S(=O)(=O)NCC2(CO)CCCC2)c1. The lowest BCUT2D eigenvalue weighted by molar-refractivity contribution is 0.134. The summed E-state index contributed by atoms with van der Waals surface area (Å²) in [4.78, 5) is 3.83. The second-order valence-electron chi connectivity index (χ2n) is 5.07. The third-order valence-electron chi connectivity index (χ3n) is 3.59. The molecule has 1 aromatic rings. The Labute approximate surface area is 107 Å². The Morgan fingerprint density at radius 1 is 1.50 bits per heavy atom. The number of hydrogen-bond acceptors (Lipinski definition) is 4. The van der Waals surface area contributed by atoms with Crippen molar-refractivity contribution in [3.05, 3.63) is 12.5 Å². The molecule has 0 aromatic carbocycles. The monoisotopic (exact) mass is 273 g/mol. The molecule has 0 aliphatic heterocycles. The number of nitrogens with one attached hydrogen (secondary N) is 1. The minimum atomic E-state index is -3.57. The lowest BCUT2D eigenvalue weighted by atomic mass is 9.88. The lowest BCUT2D eigenvalue weighted by Crippen LogP contribution is -2.38. The zero-order valence-corrected chi connectivity index (χ0v) is 11.3. The van der Waals surface area contributed by atoms with Gasteiger partial charge in [-0.05, 0) is 12.8 Å². The molecule has 2 N–H and O–H groups in total. The summed E-state index contributed by atoms with van der Waals surface area (Å²) in [5.74, 6) is 0. The van der Waals surface area contributed by atoms with Gasteiger partial charge in [-0.25, -0.2) is 18.1 Å². The molecule has 18 heavy (non-hydrogen) atoms. The largest absolute Gasteiger partial charge is 0.396 e. The van der Waals surface area contributed by atoms with Gasteiger partial charge < -0.3 is 9.67 Å². The molecule has 1 aliphatic carbocycles. The van der Waals surface area contributed by atoms with Gasteiger partial charge in [0, 0.05) is 31.8 Å². The fraction of sp³-hybridized carbons (Fsp3) is 0.727. The van der Waals surface area contributed by atoms with Crippen molar-refractivity contribution in [2.24, 2.45) is 12.5 Å². The molecule has 2 rings (SSSR count). The van der Waals surface area contributed by atoms with Gasteiger partial charge in [0.15, 0.2) is 5.03 Å². The average Bonchev–Trinajstić information content (AvgIpc) is 2.96. The van der Waals surface area contributed by atoms with Crippen LogP contribution in [0.2, 0.25) is 0 Å². The van der Waals surface area contributed by atoms with Gasteiger partial charge >= 0.3 is 0 Å². The zero-order valence-electron chi connectivity index (χ0n) is 10.5. The fourth-order valence-corrected chi connectivity index (χ4v) is 3.50. The van der Waals surface area contributed by atoms with E-state index in [-0.39, 0.29) is 23.6 Å². The molecule has 0 unspecified atom stereocenters. The standard InChI is InChI=1S/C11H19N3O3S/c1-14-6-10(12-9-14)18(16,17)13-7-11(8-15)4-2-3-5-11/h6,9,13,15H,2-5,7-8H2,1H3. The molecule has 1 saturated carbocycles. The number of imidazole rings is 1. The van der Waals surface area contributed by atoms with Crippen molar-refractivity contribution in [2.75, 3.05) is 13.2 Å². The summed E-state index contributed by atoms with van der Waals surface area (Å²) < 4.78 is 28.1. The number of nitrogens with zero attached hydrogens (tertiary/aromatic N) is 2. The summed E-state index contributed by atoms with van der Waals surface area (Å²) >= 11 is 0. The van der Waals surface area contributed by atoms with Crippen LogP contribution in [0.15, 0.2) is 17.6 Å². The Balaban J connectivity index is 2.05. The van der Waals surface area contributed by atoms with E-state index in [0.717, 1.165) is 25.7 Å². The number of aromatic nitrogens is 2. The van der Waals surface area contributed by atoms with Crippen LogP contribution < -0.4 is 4.72 Å². The molecular weight excluding hydrogens is 254 g/mol. The van der Waals surface area contributed by atoms with Crippen LogP contribution in [-0.2, 0) is 17.1 Å². The molecule has 0 saturated heterocycles. The van der Waals surface area contributed by atoms with Crippen molar-refractivity contribution in [3.8, 4) is 0 Å². The van der Waals surface area contributed by atoms with Crippen LogP contribution >= 0.6 is 0 Å². The number of aryl methyl sites for hydroxylation is 1. The highest BCUT2D eigenvalue weighted by atomic mass is 32.2. The van der Waals surface area contributed by atoms with Gasteiger partial charge in [0.05, 0.1) is 6.33 Å². The molecule has 6 nitrogen and oxygen atoms in total. The Morgan fingerprint density at radius 3 is 2.67 bits per heavy atom. The maximum Gasteiger partial charge on any atom is 0.259 e. The molecule has 1 aliphatic rings. The summed E-state index contributed by atoms with van der Waals surface area (Å²) in [5, 5.41) is 9.46. The molecular formula is C11H19N3O3S. The summed E-state index contributed by atoms with van der Waals surface area (Å²) in [6.45, 7) is 0.306. The summed E-state index contributed by atoms with van der Waals surface area (Å²) in [5.41, 5.74) is -0.290. The van der Waals surface area contributed by atoms with E-state index in [2.05, 4.69) is 9.71 Å². The topological polar surface area (TPSA) is 84.2 Å². The van der Waals surface area contributed by atoms with E-state index in [1.807, 2.05) is 0 Å². The van der Waals surface area contributed by atoms with Gasteiger partial charge in [0.2, 0.25) is 0 Å². The number of aliphatic hydroxyl groups excluding tert-OH is 1. The zero-order chi connectivity index (χ0) is 13.2. The molecule has 102 valence electrons. The summed E-state index contributed by atoms with van der Waals surface area (Å²) in [6.07, 6.45) is 6.74. The van der Waals surface area contributed by atoms with Crippen LogP contribution in [0.5, 0.6) is 0 Å². The molecule has 0 spiro atoms. The van der Waals surface area contributed by atoms with Crippen molar-refractivity contribution in [3.63, 3.8) is 0 Å². The van der Waals surface area contributed by atoms with Crippen LogP contribution in [0, 0.1) is 5.41 Å². The van der Waals surface area contributed by atoms with E-state index < -0.39 is 10.0 Å². The number of aliphatic hydroxyl groups is 1. The van der Waals surface area contributed by atoms with Crippen LogP contribution in [0.4, 0.5) is 0 Å². The maximum atomic E-state index is 12.0. The third kappa shape index (κ3) is 2.73. The van der Waals surface area contributed by atoms with Crippen molar-refractivity contribution >= 4 is 10.0 Å². The van der Waals surface area contributed by atoms with E-state index in [4.69, 9.17) is 0 Å². The third-order valence-corrected chi connectivity index (χ3v) is 4.88. The molecule has 0 bridgehead atoms. The Morgan fingerprint density at radius 2 is 2.17 bits per heavy atom. The number of hydrogen-bond donors (Lipinski definition) is 2. The van der Waals surface area contributed by atoms with Gasteiger partial charge in [0.25, 0.3) is 10.0 Å². The first-order chi connectivity index (χ1) is 8.47. The summed E-state index contributed by atoms with van der Waals surface area (Å²) in [6, 6.07) is 0. The highest BCUT2D eigenvalue weighted by molar-refractivity contribution is 7.89. The number of rotatable bonds is 5. The molecule has 0 atom stereocenters. The Bertz CT molecular complexity index is 503. The minimum Gasteiger partial charge on any atom is -0.396 e. The second-order valence-corrected chi connectivity index (χ2v) is 6.78. The smallest absolute Gasteiger partial charge is 0.259 e. The van der Waals surface area contributed by atoms with Gasteiger partial charge in [0.1, 0.15) is 0 Å². The second kappa shape index (κ2) is 4.99. The van der Waals surface area contributed by atoms with Gasteiger partial charge in [-0.15, -0.1) is 0 Å².